The molecule has 0 aromatic rings. The Morgan fingerprint density at radius 3 is 2.27 bits per heavy atom. The Hall–Kier alpha value is -2.15. The maximum Gasteiger partial charge on any atom is 0.308 e. The van der Waals surface area contributed by atoms with E-state index < -0.39 is 42.4 Å². The SMILES string of the molecule is CC[C@H]1OC(=O)CC(O)[C@H](C)[C@@H](O[C@@H]2O[C@H](C)C[C@H](N(C)C)[C@H]2O)[C@@H](CCN(CCCN(C)C)C(C)=O)C[C@@H](C)C(=O)/C=C/C(C)=C/[C@@H]1C. The maximum atomic E-state index is 13.5. The summed E-state index contributed by atoms with van der Waals surface area (Å²) in [7, 11) is 7.81. The number of aliphatic hydroxyl groups is 2. The van der Waals surface area contributed by atoms with Gasteiger partial charge in [0.05, 0.1) is 24.7 Å². The minimum absolute atomic E-state index is 0.0347. The second-order valence-electron chi connectivity index (χ2n) is 15.1. The summed E-state index contributed by atoms with van der Waals surface area (Å²) in [4.78, 5) is 45.4. The van der Waals surface area contributed by atoms with Crippen LogP contribution in [0.2, 0.25) is 0 Å². The number of rotatable bonds is 11. The lowest BCUT2D eigenvalue weighted by atomic mass is 9.79. The molecule has 2 N–H and O–H groups in total. The molecule has 0 aliphatic carbocycles. The molecule has 0 bridgehead atoms. The highest BCUT2D eigenvalue weighted by Crippen LogP contribution is 2.34. The van der Waals surface area contributed by atoms with E-state index in [9.17, 15) is 24.6 Å². The first-order valence-electron chi connectivity index (χ1n) is 18.3. The van der Waals surface area contributed by atoms with Crippen LogP contribution in [0.15, 0.2) is 23.8 Å². The smallest absolute Gasteiger partial charge is 0.308 e. The number of hydrogen-bond acceptors (Lipinski definition) is 10. The van der Waals surface area contributed by atoms with Crippen LogP contribution in [-0.2, 0) is 28.6 Å². The maximum absolute atomic E-state index is 13.5. The summed E-state index contributed by atoms with van der Waals surface area (Å²) < 4.78 is 18.8. The molecule has 1 saturated heterocycles. The monoisotopic (exact) mass is 693 g/mol. The zero-order valence-corrected chi connectivity index (χ0v) is 32.1. The van der Waals surface area contributed by atoms with Gasteiger partial charge in [-0.05, 0) is 92.7 Å². The van der Waals surface area contributed by atoms with E-state index in [1.54, 1.807) is 13.0 Å². The van der Waals surface area contributed by atoms with Gasteiger partial charge in [-0.15, -0.1) is 0 Å². The van der Waals surface area contributed by atoms with E-state index in [0.717, 1.165) is 18.5 Å². The second-order valence-corrected chi connectivity index (χ2v) is 15.1. The van der Waals surface area contributed by atoms with E-state index in [1.807, 2.05) is 91.7 Å². The van der Waals surface area contributed by atoms with Gasteiger partial charge in [0, 0.05) is 43.8 Å². The van der Waals surface area contributed by atoms with Gasteiger partial charge >= 0.3 is 5.97 Å². The zero-order valence-electron chi connectivity index (χ0n) is 32.1. The van der Waals surface area contributed by atoms with Crippen LogP contribution in [0.4, 0.5) is 0 Å². The third kappa shape index (κ3) is 13.8. The summed E-state index contributed by atoms with van der Waals surface area (Å²) in [6, 6.07) is -0.214. The number of aliphatic hydroxyl groups excluding tert-OH is 2. The summed E-state index contributed by atoms with van der Waals surface area (Å²) in [5, 5.41) is 23.0. The predicted molar refractivity (Wildman–Crippen MR) is 192 cm³/mol. The standard InChI is InChI=1S/C38H67N3O8/c1-12-34-26(4)20-24(2)14-15-32(43)25(3)21-30(16-19-41(29(7)42)18-13-17-39(8)9)37(28(6)33(44)23-35(45)48-34)49-38-36(46)31(40(10)11)22-27(5)47-38/h14-15,20,25-28,30-31,33-34,36-38,44,46H,12-13,16-19,21-23H2,1-11H3/b15-14+,24-20+/t25-,26+,27-,28+,30+,31+,33?,34-,36-,37-,38+/m1/s1. The number of esters is 1. The Bertz CT molecular complexity index is 1110. The van der Waals surface area contributed by atoms with Crippen LogP contribution in [0, 0.1) is 23.7 Å². The van der Waals surface area contributed by atoms with Crippen molar-refractivity contribution in [1.82, 2.24) is 14.7 Å². The van der Waals surface area contributed by atoms with E-state index in [0.29, 0.717) is 38.8 Å². The van der Waals surface area contributed by atoms with Crippen molar-refractivity contribution in [3.8, 4) is 0 Å². The highest BCUT2D eigenvalue weighted by atomic mass is 16.7. The highest BCUT2D eigenvalue weighted by molar-refractivity contribution is 5.91. The minimum atomic E-state index is -1.13. The average molecular weight is 694 g/mol. The Kier molecular flexibility index (Phi) is 18.1. The first-order chi connectivity index (χ1) is 22.9. The summed E-state index contributed by atoms with van der Waals surface area (Å²) in [6.07, 6.45) is 3.70. The van der Waals surface area contributed by atoms with Crippen LogP contribution in [0.1, 0.15) is 87.0 Å². The van der Waals surface area contributed by atoms with Crippen molar-refractivity contribution in [2.45, 2.75) is 130 Å². The molecule has 2 heterocycles. The summed E-state index contributed by atoms with van der Waals surface area (Å²) in [5.41, 5.74) is 0.892. The van der Waals surface area contributed by atoms with Crippen LogP contribution in [0.3, 0.4) is 0 Å². The van der Waals surface area contributed by atoms with Crippen molar-refractivity contribution < 1.29 is 38.8 Å². The number of allylic oxidation sites excluding steroid dienone is 3. The number of amides is 1. The molecular formula is C38H67N3O8. The molecule has 0 spiro atoms. The van der Waals surface area contributed by atoms with E-state index in [1.165, 1.54) is 0 Å². The summed E-state index contributed by atoms with van der Waals surface area (Å²) >= 11 is 0. The molecule has 2 rings (SSSR count). The number of nitrogens with zero attached hydrogens (tertiary/aromatic N) is 3. The summed E-state index contributed by atoms with van der Waals surface area (Å²) in [5.74, 6) is -1.99. The molecule has 49 heavy (non-hydrogen) atoms. The fourth-order valence-corrected chi connectivity index (χ4v) is 7.10. The number of likely N-dealkylation sites (N-methyl/N-ethyl adjacent to an activating group) is 1. The van der Waals surface area contributed by atoms with Gasteiger partial charge in [-0.3, -0.25) is 14.4 Å². The van der Waals surface area contributed by atoms with Crippen LogP contribution >= 0.6 is 0 Å². The third-order valence-electron chi connectivity index (χ3n) is 10.2. The van der Waals surface area contributed by atoms with E-state index >= 15 is 0 Å². The van der Waals surface area contributed by atoms with Crippen molar-refractivity contribution in [3.63, 3.8) is 0 Å². The highest BCUT2D eigenvalue weighted by Gasteiger charge is 2.43. The average Bonchev–Trinajstić information content (AvgIpc) is 3.02. The van der Waals surface area contributed by atoms with Gasteiger partial charge in [0.15, 0.2) is 12.1 Å². The van der Waals surface area contributed by atoms with Gasteiger partial charge in [0.25, 0.3) is 0 Å². The largest absolute Gasteiger partial charge is 0.462 e. The molecule has 11 nitrogen and oxygen atoms in total. The lowest BCUT2D eigenvalue weighted by Gasteiger charge is -2.44. The van der Waals surface area contributed by atoms with E-state index in [-0.39, 0.29) is 48.2 Å². The molecule has 11 atom stereocenters. The number of carbonyl (C=O) groups is 3. The molecule has 1 unspecified atom stereocenters. The van der Waals surface area contributed by atoms with Gasteiger partial charge in [-0.1, -0.05) is 45.4 Å². The summed E-state index contributed by atoms with van der Waals surface area (Å²) in [6.45, 7) is 14.9. The molecule has 11 heteroatoms. The van der Waals surface area contributed by atoms with Gasteiger partial charge in [0.1, 0.15) is 12.2 Å². The molecule has 1 amide bonds. The molecule has 0 radical (unpaired) electrons. The lowest BCUT2D eigenvalue weighted by Crippen LogP contribution is -2.56. The first kappa shape index (κ1) is 43.0. The van der Waals surface area contributed by atoms with Crippen molar-refractivity contribution in [2.24, 2.45) is 23.7 Å². The Morgan fingerprint density at radius 1 is 1.00 bits per heavy atom. The molecule has 1 fully saturated rings. The van der Waals surface area contributed by atoms with E-state index in [2.05, 4.69) is 4.90 Å². The topological polar surface area (TPSA) is 129 Å². The molecule has 2 aliphatic rings. The van der Waals surface area contributed by atoms with Crippen LogP contribution in [-0.4, -0.2) is 133 Å². The fraction of sp³-hybridized carbons (Fsp3) is 0.816. The lowest BCUT2D eigenvalue weighted by molar-refractivity contribution is -0.283. The molecule has 0 aromatic carbocycles. The molecule has 282 valence electrons. The molecule has 0 saturated carbocycles. The van der Waals surface area contributed by atoms with Crippen LogP contribution in [0.5, 0.6) is 0 Å². The van der Waals surface area contributed by atoms with Crippen molar-refractivity contribution >= 4 is 17.7 Å². The van der Waals surface area contributed by atoms with E-state index in [4.69, 9.17) is 14.2 Å². The Balaban J connectivity index is 2.58. The van der Waals surface area contributed by atoms with Gasteiger partial charge in [-0.25, -0.2) is 0 Å². The minimum Gasteiger partial charge on any atom is -0.462 e. The molecule has 0 aromatic heterocycles. The molecular weight excluding hydrogens is 626 g/mol. The zero-order chi connectivity index (χ0) is 37.0. The predicted octanol–water partition coefficient (Wildman–Crippen LogP) is 4.06. The quantitative estimate of drug-likeness (QED) is 0.306. The van der Waals surface area contributed by atoms with Gasteiger partial charge < -0.3 is 39.1 Å². The number of ether oxygens (including phenoxy) is 3. The van der Waals surface area contributed by atoms with Crippen LogP contribution in [0.25, 0.3) is 0 Å². The first-order valence-corrected chi connectivity index (χ1v) is 18.3. The van der Waals surface area contributed by atoms with Gasteiger partial charge in [0.2, 0.25) is 5.91 Å². The van der Waals surface area contributed by atoms with Gasteiger partial charge in [-0.2, -0.15) is 0 Å². The number of hydrogen-bond donors (Lipinski definition) is 2. The third-order valence-corrected chi connectivity index (χ3v) is 10.2. The second kappa shape index (κ2) is 20.6. The molecule has 2 aliphatic heterocycles. The fourth-order valence-electron chi connectivity index (χ4n) is 7.10. The van der Waals surface area contributed by atoms with Crippen molar-refractivity contribution in [1.29, 1.82) is 0 Å². The Morgan fingerprint density at radius 2 is 1.67 bits per heavy atom. The van der Waals surface area contributed by atoms with Crippen LogP contribution < -0.4 is 0 Å². The van der Waals surface area contributed by atoms with Crippen molar-refractivity contribution in [2.75, 3.05) is 47.8 Å². The van der Waals surface area contributed by atoms with Crippen molar-refractivity contribution in [3.05, 3.63) is 23.8 Å². The number of carbonyl (C=O) groups excluding carboxylic acids is 3. The normalized spacial score (nSPS) is 35.9. The Labute approximate surface area is 296 Å². The number of ketones is 1. The number of cyclic esters (lactones) is 1.